The first-order valence-corrected chi connectivity index (χ1v) is 7.27. The Labute approximate surface area is 143 Å². The summed E-state index contributed by atoms with van der Waals surface area (Å²) in [4.78, 5) is 22.3. The molecule has 8 heteroatoms. The largest absolute Gasteiger partial charge is 0.497 e. The van der Waals surface area contributed by atoms with Gasteiger partial charge in [-0.1, -0.05) is 11.6 Å². The first kappa shape index (κ1) is 17.6. The van der Waals surface area contributed by atoms with Crippen molar-refractivity contribution >= 4 is 23.2 Å². The van der Waals surface area contributed by atoms with Crippen molar-refractivity contribution in [2.24, 2.45) is 0 Å². The van der Waals surface area contributed by atoms with E-state index in [0.29, 0.717) is 11.5 Å². The van der Waals surface area contributed by atoms with Crippen molar-refractivity contribution in [3.8, 4) is 11.5 Å². The molecule has 0 radical (unpaired) electrons. The predicted molar refractivity (Wildman–Crippen MR) is 88.8 cm³/mol. The van der Waals surface area contributed by atoms with Crippen LogP contribution in [0.3, 0.4) is 0 Å². The summed E-state index contributed by atoms with van der Waals surface area (Å²) in [7, 11) is 3.07. The Morgan fingerprint density at radius 1 is 1.21 bits per heavy atom. The summed E-state index contributed by atoms with van der Waals surface area (Å²) in [6.45, 7) is 0.208. The van der Waals surface area contributed by atoms with Crippen LogP contribution in [0.15, 0.2) is 36.4 Å². The van der Waals surface area contributed by atoms with Crippen LogP contribution in [0, 0.1) is 10.1 Å². The van der Waals surface area contributed by atoms with E-state index in [1.54, 1.807) is 25.3 Å². The lowest BCUT2D eigenvalue weighted by Crippen LogP contribution is -2.23. The number of carbonyl (C=O) groups excluding carboxylic acids is 1. The van der Waals surface area contributed by atoms with Crippen LogP contribution in [-0.2, 0) is 6.54 Å². The molecule has 24 heavy (non-hydrogen) atoms. The average molecular weight is 351 g/mol. The van der Waals surface area contributed by atoms with Crippen molar-refractivity contribution < 1.29 is 19.2 Å². The Morgan fingerprint density at radius 2 is 1.96 bits per heavy atom. The number of hydrogen-bond donors (Lipinski definition) is 1. The number of nitrogens with one attached hydrogen (secondary N) is 1. The second kappa shape index (κ2) is 7.65. The van der Waals surface area contributed by atoms with E-state index in [1.807, 2.05) is 0 Å². The van der Waals surface area contributed by atoms with Gasteiger partial charge in [-0.25, -0.2) is 0 Å². The van der Waals surface area contributed by atoms with E-state index in [9.17, 15) is 14.9 Å². The lowest BCUT2D eigenvalue weighted by atomic mass is 10.1. The molecule has 2 aromatic rings. The first-order chi connectivity index (χ1) is 11.5. The maximum Gasteiger partial charge on any atom is 0.270 e. The molecular weight excluding hydrogens is 336 g/mol. The van der Waals surface area contributed by atoms with Gasteiger partial charge in [0.05, 0.1) is 29.7 Å². The SMILES string of the molecule is COc1ccc(CNC(=O)c2ccc([N+](=O)[O-])cc2Cl)c(OC)c1. The molecule has 0 bridgehead atoms. The molecule has 0 aromatic heterocycles. The zero-order valence-corrected chi connectivity index (χ0v) is 13.8. The number of nitrogens with zero attached hydrogens (tertiary/aromatic N) is 1. The van der Waals surface area contributed by atoms with Gasteiger partial charge in [0.15, 0.2) is 0 Å². The number of nitro groups is 1. The Hall–Kier alpha value is -2.80. The smallest absolute Gasteiger partial charge is 0.270 e. The van der Waals surface area contributed by atoms with E-state index in [-0.39, 0.29) is 22.8 Å². The summed E-state index contributed by atoms with van der Waals surface area (Å²) < 4.78 is 10.4. The van der Waals surface area contributed by atoms with Gasteiger partial charge < -0.3 is 14.8 Å². The highest BCUT2D eigenvalue weighted by Crippen LogP contribution is 2.25. The molecule has 0 heterocycles. The molecule has 0 spiro atoms. The summed E-state index contributed by atoms with van der Waals surface area (Å²) in [5.41, 5.74) is 0.743. The van der Waals surface area contributed by atoms with Crippen LogP contribution in [0.5, 0.6) is 11.5 Å². The van der Waals surface area contributed by atoms with E-state index in [2.05, 4.69) is 5.32 Å². The van der Waals surface area contributed by atoms with E-state index < -0.39 is 10.8 Å². The number of benzene rings is 2. The van der Waals surface area contributed by atoms with Crippen molar-refractivity contribution in [1.82, 2.24) is 5.32 Å². The molecule has 0 aliphatic carbocycles. The van der Waals surface area contributed by atoms with Crippen LogP contribution < -0.4 is 14.8 Å². The topological polar surface area (TPSA) is 90.7 Å². The zero-order chi connectivity index (χ0) is 17.7. The Bertz CT molecular complexity index is 779. The molecule has 1 amide bonds. The fraction of sp³-hybridized carbons (Fsp3) is 0.188. The van der Waals surface area contributed by atoms with Crippen LogP contribution in [0.25, 0.3) is 0 Å². The number of methoxy groups -OCH3 is 2. The highest BCUT2D eigenvalue weighted by molar-refractivity contribution is 6.34. The van der Waals surface area contributed by atoms with E-state index in [0.717, 1.165) is 11.6 Å². The van der Waals surface area contributed by atoms with Crippen LogP contribution in [0.1, 0.15) is 15.9 Å². The number of hydrogen-bond acceptors (Lipinski definition) is 5. The van der Waals surface area contributed by atoms with Crippen LogP contribution >= 0.6 is 11.6 Å². The lowest BCUT2D eigenvalue weighted by molar-refractivity contribution is -0.384. The summed E-state index contributed by atoms with van der Waals surface area (Å²) in [5.74, 6) is 0.776. The maximum atomic E-state index is 12.2. The third-order valence-corrected chi connectivity index (χ3v) is 3.65. The molecule has 2 rings (SSSR count). The molecule has 1 N–H and O–H groups in total. The fourth-order valence-electron chi connectivity index (χ4n) is 2.07. The minimum Gasteiger partial charge on any atom is -0.497 e. The van der Waals surface area contributed by atoms with Crippen molar-refractivity contribution in [2.45, 2.75) is 6.54 Å². The van der Waals surface area contributed by atoms with Gasteiger partial charge >= 0.3 is 0 Å². The first-order valence-electron chi connectivity index (χ1n) is 6.89. The number of non-ortho nitro benzene ring substituents is 1. The standard InChI is InChI=1S/C16H15ClN2O5/c1-23-12-5-3-10(15(8-12)24-2)9-18-16(20)13-6-4-11(19(21)22)7-14(13)17/h3-8H,9H2,1-2H3,(H,18,20). The molecule has 0 saturated heterocycles. The van der Waals surface area contributed by atoms with Crippen molar-refractivity contribution in [2.75, 3.05) is 14.2 Å². The molecule has 2 aromatic carbocycles. The quantitative estimate of drug-likeness (QED) is 0.638. The Balaban J connectivity index is 2.12. The average Bonchev–Trinajstić information content (AvgIpc) is 2.59. The molecule has 0 fully saturated rings. The summed E-state index contributed by atoms with van der Waals surface area (Å²) in [6, 6.07) is 8.93. The van der Waals surface area contributed by atoms with Gasteiger partial charge in [-0.3, -0.25) is 14.9 Å². The van der Waals surface area contributed by atoms with Crippen LogP contribution in [0.4, 0.5) is 5.69 Å². The Morgan fingerprint density at radius 3 is 2.54 bits per heavy atom. The van der Waals surface area contributed by atoms with Gasteiger partial charge in [0.2, 0.25) is 0 Å². The number of amides is 1. The number of nitro benzene ring substituents is 1. The third-order valence-electron chi connectivity index (χ3n) is 3.34. The number of halogens is 1. The molecule has 0 saturated carbocycles. The number of carbonyl (C=O) groups is 1. The van der Waals surface area contributed by atoms with Gasteiger partial charge in [0, 0.05) is 30.3 Å². The van der Waals surface area contributed by atoms with Gasteiger partial charge in [-0.2, -0.15) is 0 Å². The molecule has 7 nitrogen and oxygen atoms in total. The van der Waals surface area contributed by atoms with Gasteiger partial charge in [-0.05, 0) is 18.2 Å². The molecule has 0 aliphatic heterocycles. The third kappa shape index (κ3) is 3.94. The fourth-order valence-corrected chi connectivity index (χ4v) is 2.33. The lowest BCUT2D eigenvalue weighted by Gasteiger charge is -2.11. The van der Waals surface area contributed by atoms with Crippen molar-refractivity contribution in [3.63, 3.8) is 0 Å². The molecular formula is C16H15ClN2O5. The number of rotatable bonds is 6. The van der Waals surface area contributed by atoms with E-state index in [4.69, 9.17) is 21.1 Å². The molecule has 0 aliphatic rings. The van der Waals surface area contributed by atoms with Gasteiger partial charge in [-0.15, -0.1) is 0 Å². The zero-order valence-electron chi connectivity index (χ0n) is 13.0. The minimum atomic E-state index is -0.574. The second-order valence-electron chi connectivity index (χ2n) is 4.78. The van der Waals surface area contributed by atoms with E-state index in [1.165, 1.54) is 19.2 Å². The Kier molecular flexibility index (Phi) is 5.59. The summed E-state index contributed by atoms with van der Waals surface area (Å²) >= 11 is 5.94. The second-order valence-corrected chi connectivity index (χ2v) is 5.19. The van der Waals surface area contributed by atoms with Crippen LogP contribution in [0.2, 0.25) is 5.02 Å². The minimum absolute atomic E-state index is 0.0170. The summed E-state index contributed by atoms with van der Waals surface area (Å²) in [6.07, 6.45) is 0. The molecule has 126 valence electrons. The van der Waals surface area contributed by atoms with Crippen molar-refractivity contribution in [3.05, 3.63) is 62.7 Å². The molecule has 0 atom stereocenters. The monoisotopic (exact) mass is 350 g/mol. The number of ether oxygens (including phenoxy) is 2. The predicted octanol–water partition coefficient (Wildman–Crippen LogP) is 3.20. The highest BCUT2D eigenvalue weighted by Gasteiger charge is 2.15. The maximum absolute atomic E-state index is 12.2. The van der Waals surface area contributed by atoms with Gasteiger partial charge in [0.25, 0.3) is 11.6 Å². The van der Waals surface area contributed by atoms with Crippen molar-refractivity contribution in [1.29, 1.82) is 0 Å². The summed E-state index contributed by atoms with van der Waals surface area (Å²) in [5, 5.41) is 13.4. The van der Waals surface area contributed by atoms with Crippen LogP contribution in [-0.4, -0.2) is 25.1 Å². The molecule has 0 unspecified atom stereocenters. The highest BCUT2D eigenvalue weighted by atomic mass is 35.5. The normalized spacial score (nSPS) is 10.1. The van der Waals surface area contributed by atoms with E-state index >= 15 is 0 Å². The van der Waals surface area contributed by atoms with Gasteiger partial charge in [0.1, 0.15) is 11.5 Å².